The Bertz CT molecular complexity index is 426. The molecule has 0 aromatic heterocycles. The SMILES string of the molecule is COCCOc1ccc(CC(N)C(=O)OC)c(C)c1.Cl. The summed E-state index contributed by atoms with van der Waals surface area (Å²) < 4.78 is 15.0. The maximum Gasteiger partial charge on any atom is 0.322 e. The van der Waals surface area contributed by atoms with Crippen LogP contribution in [-0.4, -0.2) is 39.4 Å². The molecule has 0 spiro atoms. The van der Waals surface area contributed by atoms with Crippen LogP contribution in [0.5, 0.6) is 5.75 Å². The first-order chi connectivity index (χ1) is 9.08. The fourth-order valence-electron chi connectivity index (χ4n) is 1.70. The van der Waals surface area contributed by atoms with E-state index in [0.717, 1.165) is 16.9 Å². The van der Waals surface area contributed by atoms with Crippen molar-refractivity contribution in [3.63, 3.8) is 0 Å². The molecule has 0 heterocycles. The summed E-state index contributed by atoms with van der Waals surface area (Å²) in [4.78, 5) is 11.3. The van der Waals surface area contributed by atoms with Crippen LogP contribution < -0.4 is 10.5 Å². The molecule has 0 bridgehead atoms. The molecule has 0 aliphatic rings. The Morgan fingerprint density at radius 2 is 2.00 bits per heavy atom. The number of nitrogens with two attached hydrogens (primary N) is 1. The molecule has 2 N–H and O–H groups in total. The second-order valence-corrected chi connectivity index (χ2v) is 4.26. The van der Waals surface area contributed by atoms with Gasteiger partial charge in [0.2, 0.25) is 0 Å². The molecule has 0 saturated heterocycles. The molecular formula is C14H22ClNO4. The minimum Gasteiger partial charge on any atom is -0.491 e. The summed E-state index contributed by atoms with van der Waals surface area (Å²) in [5, 5.41) is 0. The minimum atomic E-state index is -0.635. The standard InChI is InChI=1S/C14H21NO4.ClH/c1-10-8-12(19-7-6-17-2)5-4-11(10)9-13(15)14(16)18-3;/h4-5,8,13H,6-7,9,15H2,1-3H3;1H. The lowest BCUT2D eigenvalue weighted by atomic mass is 10.0. The van der Waals surface area contributed by atoms with Gasteiger partial charge in [-0.3, -0.25) is 4.79 Å². The predicted octanol–water partition coefficient (Wildman–Crippen LogP) is 1.48. The number of benzene rings is 1. The molecule has 0 aliphatic heterocycles. The number of hydrogen-bond donors (Lipinski definition) is 1. The van der Waals surface area contributed by atoms with Crippen molar-refractivity contribution in [1.82, 2.24) is 0 Å². The molecule has 0 amide bonds. The Kier molecular flexibility index (Phi) is 8.96. The first kappa shape index (κ1) is 18.7. The molecule has 114 valence electrons. The number of rotatable bonds is 7. The predicted molar refractivity (Wildman–Crippen MR) is 79.5 cm³/mol. The third-order valence-electron chi connectivity index (χ3n) is 2.81. The Labute approximate surface area is 125 Å². The number of ether oxygens (including phenoxy) is 3. The average Bonchev–Trinajstić information content (AvgIpc) is 2.41. The molecule has 1 rings (SSSR count). The molecule has 5 nitrogen and oxygen atoms in total. The summed E-state index contributed by atoms with van der Waals surface area (Å²) in [6, 6.07) is 5.07. The Morgan fingerprint density at radius 1 is 1.30 bits per heavy atom. The van der Waals surface area contributed by atoms with E-state index in [9.17, 15) is 4.79 Å². The molecule has 1 unspecified atom stereocenters. The summed E-state index contributed by atoms with van der Waals surface area (Å²) in [7, 11) is 2.97. The summed E-state index contributed by atoms with van der Waals surface area (Å²) in [6.07, 6.45) is 0.455. The molecule has 1 aromatic rings. The topological polar surface area (TPSA) is 70.8 Å². The Morgan fingerprint density at radius 3 is 2.55 bits per heavy atom. The lowest BCUT2D eigenvalue weighted by Gasteiger charge is -2.13. The molecular weight excluding hydrogens is 282 g/mol. The maximum atomic E-state index is 11.3. The third-order valence-corrected chi connectivity index (χ3v) is 2.81. The molecule has 20 heavy (non-hydrogen) atoms. The summed E-state index contributed by atoms with van der Waals surface area (Å²) in [6.45, 7) is 3.02. The molecule has 1 aromatic carbocycles. The number of carbonyl (C=O) groups excluding carboxylic acids is 1. The van der Waals surface area contributed by atoms with Crippen LogP contribution in [0.15, 0.2) is 18.2 Å². The van der Waals surface area contributed by atoms with Crippen LogP contribution >= 0.6 is 12.4 Å². The van der Waals surface area contributed by atoms with E-state index >= 15 is 0 Å². The Balaban J connectivity index is 0.00000361. The van der Waals surface area contributed by atoms with E-state index in [0.29, 0.717) is 19.6 Å². The minimum absolute atomic E-state index is 0. The van der Waals surface area contributed by atoms with Gasteiger partial charge in [0, 0.05) is 7.11 Å². The van der Waals surface area contributed by atoms with Crippen molar-refractivity contribution in [2.24, 2.45) is 5.73 Å². The highest BCUT2D eigenvalue weighted by atomic mass is 35.5. The van der Waals surface area contributed by atoms with E-state index in [-0.39, 0.29) is 12.4 Å². The van der Waals surface area contributed by atoms with Crippen molar-refractivity contribution in [2.45, 2.75) is 19.4 Å². The molecule has 0 fully saturated rings. The van der Waals surface area contributed by atoms with Crippen molar-refractivity contribution in [1.29, 1.82) is 0 Å². The van der Waals surface area contributed by atoms with Crippen molar-refractivity contribution in [3.8, 4) is 5.75 Å². The van der Waals surface area contributed by atoms with Gasteiger partial charge in [0.05, 0.1) is 13.7 Å². The molecule has 1 atom stereocenters. The van der Waals surface area contributed by atoms with Gasteiger partial charge in [0.1, 0.15) is 18.4 Å². The van der Waals surface area contributed by atoms with Crippen LogP contribution in [0.4, 0.5) is 0 Å². The van der Waals surface area contributed by atoms with Gasteiger partial charge in [-0.25, -0.2) is 0 Å². The van der Waals surface area contributed by atoms with Crippen molar-refractivity contribution in [3.05, 3.63) is 29.3 Å². The van der Waals surface area contributed by atoms with Crippen molar-refractivity contribution in [2.75, 3.05) is 27.4 Å². The van der Waals surface area contributed by atoms with Gasteiger partial charge in [-0.1, -0.05) is 6.07 Å². The number of carbonyl (C=O) groups is 1. The van der Waals surface area contributed by atoms with Crippen LogP contribution in [0.25, 0.3) is 0 Å². The van der Waals surface area contributed by atoms with Gasteiger partial charge in [-0.2, -0.15) is 0 Å². The Hall–Kier alpha value is -1.30. The zero-order valence-electron chi connectivity index (χ0n) is 12.0. The molecule has 6 heteroatoms. The summed E-state index contributed by atoms with van der Waals surface area (Å²) in [5.74, 6) is 0.379. The zero-order chi connectivity index (χ0) is 14.3. The van der Waals surface area contributed by atoms with Gasteiger partial charge in [-0.15, -0.1) is 12.4 Å². The lowest BCUT2D eigenvalue weighted by Crippen LogP contribution is -2.33. The van der Waals surface area contributed by atoms with Gasteiger partial charge in [0.15, 0.2) is 0 Å². The second-order valence-electron chi connectivity index (χ2n) is 4.26. The summed E-state index contributed by atoms with van der Waals surface area (Å²) in [5.41, 5.74) is 7.79. The van der Waals surface area contributed by atoms with E-state index in [1.54, 1.807) is 7.11 Å². The highest BCUT2D eigenvalue weighted by Crippen LogP contribution is 2.18. The smallest absolute Gasteiger partial charge is 0.322 e. The number of esters is 1. The summed E-state index contributed by atoms with van der Waals surface area (Å²) >= 11 is 0. The number of hydrogen-bond acceptors (Lipinski definition) is 5. The van der Waals surface area contributed by atoms with E-state index in [4.69, 9.17) is 15.2 Å². The monoisotopic (exact) mass is 303 g/mol. The van der Waals surface area contributed by atoms with E-state index in [1.165, 1.54) is 7.11 Å². The van der Waals surface area contributed by atoms with Gasteiger partial charge in [0.25, 0.3) is 0 Å². The maximum absolute atomic E-state index is 11.3. The van der Waals surface area contributed by atoms with Crippen LogP contribution in [0, 0.1) is 6.92 Å². The zero-order valence-corrected chi connectivity index (χ0v) is 12.9. The second kappa shape index (κ2) is 9.58. The van der Waals surface area contributed by atoms with Crippen LogP contribution in [0.3, 0.4) is 0 Å². The highest BCUT2D eigenvalue weighted by Gasteiger charge is 2.15. The first-order valence-electron chi connectivity index (χ1n) is 6.13. The van der Waals surface area contributed by atoms with Crippen LogP contribution in [0.2, 0.25) is 0 Å². The fraction of sp³-hybridized carbons (Fsp3) is 0.500. The average molecular weight is 304 g/mol. The fourth-order valence-corrected chi connectivity index (χ4v) is 1.70. The number of methoxy groups -OCH3 is 2. The first-order valence-corrected chi connectivity index (χ1v) is 6.13. The van der Waals surface area contributed by atoms with Gasteiger partial charge in [-0.05, 0) is 36.6 Å². The quantitative estimate of drug-likeness (QED) is 0.610. The van der Waals surface area contributed by atoms with Crippen molar-refractivity contribution >= 4 is 18.4 Å². The largest absolute Gasteiger partial charge is 0.491 e. The molecule has 0 aliphatic carbocycles. The van der Waals surface area contributed by atoms with E-state index in [2.05, 4.69) is 4.74 Å². The lowest BCUT2D eigenvalue weighted by molar-refractivity contribution is -0.142. The van der Waals surface area contributed by atoms with Crippen LogP contribution in [0.1, 0.15) is 11.1 Å². The van der Waals surface area contributed by atoms with Crippen LogP contribution in [-0.2, 0) is 20.7 Å². The number of halogens is 1. The van der Waals surface area contributed by atoms with E-state index < -0.39 is 12.0 Å². The third kappa shape index (κ3) is 5.77. The van der Waals surface area contributed by atoms with E-state index in [1.807, 2.05) is 25.1 Å². The van der Waals surface area contributed by atoms with Gasteiger partial charge >= 0.3 is 5.97 Å². The molecule has 0 saturated carbocycles. The normalized spacial score (nSPS) is 11.4. The molecule has 0 radical (unpaired) electrons. The van der Waals surface area contributed by atoms with Crippen molar-refractivity contribution < 1.29 is 19.0 Å². The highest BCUT2D eigenvalue weighted by molar-refractivity contribution is 5.85. The van der Waals surface area contributed by atoms with Gasteiger partial charge < -0.3 is 19.9 Å². The number of aryl methyl sites for hydroxylation is 1.